The molecule has 1 aliphatic rings. The molecule has 0 amide bonds. The van der Waals surface area contributed by atoms with Gasteiger partial charge in [-0.05, 0) is 38.3 Å². The largest absolute Gasteiger partial charge is 0.353 e. The predicted molar refractivity (Wildman–Crippen MR) is 72.8 cm³/mol. The Hall–Kier alpha value is -0.910. The summed E-state index contributed by atoms with van der Waals surface area (Å²) in [6.07, 6.45) is 2.75. The Morgan fingerprint density at radius 2 is 2.00 bits per heavy atom. The van der Waals surface area contributed by atoms with Crippen molar-refractivity contribution in [3.63, 3.8) is 0 Å². The third-order valence-corrected chi connectivity index (χ3v) is 4.87. The van der Waals surface area contributed by atoms with Crippen LogP contribution in [0.3, 0.4) is 0 Å². The van der Waals surface area contributed by atoms with Crippen LogP contribution in [-0.2, 0) is 19.3 Å². The number of hydrogen-bond donors (Lipinski definition) is 0. The van der Waals surface area contributed by atoms with Gasteiger partial charge in [0.05, 0.1) is 17.3 Å². The van der Waals surface area contributed by atoms with Gasteiger partial charge in [0.15, 0.2) is 16.1 Å². The van der Waals surface area contributed by atoms with Gasteiger partial charge in [0, 0.05) is 6.61 Å². The van der Waals surface area contributed by atoms with E-state index in [-0.39, 0.29) is 18.6 Å². The Labute approximate surface area is 114 Å². The second-order valence-electron chi connectivity index (χ2n) is 4.80. The molecule has 0 aliphatic carbocycles. The zero-order valence-corrected chi connectivity index (χ0v) is 12.0. The zero-order chi connectivity index (χ0) is 13.7. The molecule has 0 saturated carbocycles. The van der Waals surface area contributed by atoms with Crippen LogP contribution >= 0.6 is 0 Å². The smallest absolute Gasteiger partial charge is 0.180 e. The van der Waals surface area contributed by atoms with Gasteiger partial charge in [-0.25, -0.2) is 8.42 Å². The quantitative estimate of drug-likeness (QED) is 0.832. The van der Waals surface area contributed by atoms with Crippen LogP contribution in [-0.4, -0.2) is 33.7 Å². The summed E-state index contributed by atoms with van der Waals surface area (Å²) >= 11 is 0. The Bertz CT molecular complexity index is 487. The normalized spacial score (nSPS) is 20.4. The lowest BCUT2D eigenvalue weighted by Crippen LogP contribution is -2.25. The monoisotopic (exact) mass is 284 g/mol. The van der Waals surface area contributed by atoms with Gasteiger partial charge in [-0.3, -0.25) is 0 Å². The number of ether oxygens (including phenoxy) is 2. The van der Waals surface area contributed by atoms with Gasteiger partial charge < -0.3 is 9.47 Å². The molecule has 1 aromatic rings. The summed E-state index contributed by atoms with van der Waals surface area (Å²) in [6.45, 7) is 2.82. The molecule has 0 spiro atoms. The standard InChI is InChI=1S/C14H20O4S/c1-12-5-7-13(8-6-12)19(15,16)11-10-18-14-4-2-3-9-17-14/h5-8,14H,2-4,9-11H2,1H3. The van der Waals surface area contributed by atoms with Gasteiger partial charge in [-0.1, -0.05) is 17.7 Å². The van der Waals surface area contributed by atoms with Crippen molar-refractivity contribution >= 4 is 9.84 Å². The third-order valence-electron chi connectivity index (χ3n) is 3.17. The van der Waals surface area contributed by atoms with Crippen LogP contribution in [0.2, 0.25) is 0 Å². The Balaban J connectivity index is 1.85. The van der Waals surface area contributed by atoms with Gasteiger partial charge in [-0.15, -0.1) is 0 Å². The highest BCUT2D eigenvalue weighted by molar-refractivity contribution is 7.91. The van der Waals surface area contributed by atoms with Gasteiger partial charge >= 0.3 is 0 Å². The molecule has 0 N–H and O–H groups in total. The molecule has 106 valence electrons. The summed E-state index contributed by atoms with van der Waals surface area (Å²) < 4.78 is 35.0. The van der Waals surface area contributed by atoms with E-state index >= 15 is 0 Å². The fraction of sp³-hybridized carbons (Fsp3) is 0.571. The fourth-order valence-electron chi connectivity index (χ4n) is 2.00. The molecule has 0 bridgehead atoms. The minimum atomic E-state index is -3.26. The number of aryl methyl sites for hydroxylation is 1. The molecule has 0 radical (unpaired) electrons. The average Bonchev–Trinajstić information content (AvgIpc) is 2.40. The highest BCUT2D eigenvalue weighted by Gasteiger charge is 2.17. The van der Waals surface area contributed by atoms with E-state index in [2.05, 4.69) is 0 Å². The maximum absolute atomic E-state index is 12.1. The van der Waals surface area contributed by atoms with E-state index in [9.17, 15) is 8.42 Å². The first-order valence-corrected chi connectivity index (χ1v) is 8.26. The molecule has 19 heavy (non-hydrogen) atoms. The number of hydrogen-bond acceptors (Lipinski definition) is 4. The molecule has 1 fully saturated rings. The first kappa shape index (κ1) is 14.5. The van der Waals surface area contributed by atoms with Crippen molar-refractivity contribution in [3.8, 4) is 0 Å². The summed E-state index contributed by atoms with van der Waals surface area (Å²) in [6, 6.07) is 6.89. The molecule has 0 aromatic heterocycles. The average molecular weight is 284 g/mol. The van der Waals surface area contributed by atoms with Crippen molar-refractivity contribution in [1.82, 2.24) is 0 Å². The van der Waals surface area contributed by atoms with Crippen molar-refractivity contribution in [3.05, 3.63) is 29.8 Å². The molecular weight excluding hydrogens is 264 g/mol. The van der Waals surface area contributed by atoms with Crippen molar-refractivity contribution in [1.29, 1.82) is 0 Å². The van der Waals surface area contributed by atoms with Crippen LogP contribution < -0.4 is 0 Å². The molecule has 1 aliphatic heterocycles. The highest BCUT2D eigenvalue weighted by Crippen LogP contribution is 2.15. The van der Waals surface area contributed by atoms with E-state index in [1.54, 1.807) is 24.3 Å². The van der Waals surface area contributed by atoms with Gasteiger partial charge in [0.2, 0.25) is 0 Å². The number of rotatable bonds is 5. The van der Waals surface area contributed by atoms with Crippen molar-refractivity contribution in [2.75, 3.05) is 19.0 Å². The van der Waals surface area contributed by atoms with E-state index in [1.807, 2.05) is 6.92 Å². The first-order valence-electron chi connectivity index (χ1n) is 6.60. The molecule has 5 heteroatoms. The Morgan fingerprint density at radius 3 is 2.63 bits per heavy atom. The second-order valence-corrected chi connectivity index (χ2v) is 6.91. The highest BCUT2D eigenvalue weighted by atomic mass is 32.2. The lowest BCUT2D eigenvalue weighted by Gasteiger charge is -2.22. The minimum absolute atomic E-state index is 0.00405. The Kier molecular flexibility index (Phi) is 4.96. The van der Waals surface area contributed by atoms with Crippen molar-refractivity contribution in [2.45, 2.75) is 37.4 Å². The Morgan fingerprint density at radius 1 is 1.26 bits per heavy atom. The SMILES string of the molecule is Cc1ccc(S(=O)(=O)CCOC2CCCCO2)cc1. The summed E-state index contributed by atoms with van der Waals surface area (Å²) in [5, 5.41) is 0. The summed E-state index contributed by atoms with van der Waals surface area (Å²) in [5.74, 6) is -0.00405. The van der Waals surface area contributed by atoms with Gasteiger partial charge in [0.25, 0.3) is 0 Å². The maximum atomic E-state index is 12.1. The van der Waals surface area contributed by atoms with Crippen LogP contribution in [0.4, 0.5) is 0 Å². The number of sulfone groups is 1. The lowest BCUT2D eigenvalue weighted by molar-refractivity contribution is -0.158. The van der Waals surface area contributed by atoms with Crippen molar-refractivity contribution in [2.24, 2.45) is 0 Å². The molecule has 4 nitrogen and oxygen atoms in total. The predicted octanol–water partition coefficient (Wildman–Crippen LogP) is 2.31. The van der Waals surface area contributed by atoms with Crippen LogP contribution in [0.1, 0.15) is 24.8 Å². The number of benzene rings is 1. The van der Waals surface area contributed by atoms with E-state index < -0.39 is 9.84 Å². The van der Waals surface area contributed by atoms with Crippen LogP contribution in [0.25, 0.3) is 0 Å². The third kappa shape index (κ3) is 4.30. The van der Waals surface area contributed by atoms with Crippen LogP contribution in [0.15, 0.2) is 29.2 Å². The summed E-state index contributed by atoms with van der Waals surface area (Å²) in [5.41, 5.74) is 1.05. The molecular formula is C14H20O4S. The first-order chi connectivity index (χ1) is 9.08. The van der Waals surface area contributed by atoms with Crippen LogP contribution in [0.5, 0.6) is 0 Å². The van der Waals surface area contributed by atoms with Gasteiger partial charge in [0.1, 0.15) is 0 Å². The molecule has 1 saturated heterocycles. The molecule has 1 atom stereocenters. The van der Waals surface area contributed by atoms with E-state index in [4.69, 9.17) is 9.47 Å². The molecule has 1 aromatic carbocycles. The van der Waals surface area contributed by atoms with E-state index in [0.29, 0.717) is 11.5 Å². The van der Waals surface area contributed by atoms with Gasteiger partial charge in [-0.2, -0.15) is 0 Å². The summed E-state index contributed by atoms with van der Waals surface area (Å²) in [7, 11) is -3.26. The minimum Gasteiger partial charge on any atom is -0.353 e. The molecule has 1 heterocycles. The van der Waals surface area contributed by atoms with Crippen molar-refractivity contribution < 1.29 is 17.9 Å². The van der Waals surface area contributed by atoms with E-state index in [1.165, 1.54) is 0 Å². The van der Waals surface area contributed by atoms with Crippen LogP contribution in [0, 0.1) is 6.92 Å². The topological polar surface area (TPSA) is 52.6 Å². The fourth-order valence-corrected chi connectivity index (χ4v) is 3.10. The van der Waals surface area contributed by atoms with E-state index in [0.717, 1.165) is 24.8 Å². The molecule has 2 rings (SSSR count). The molecule has 1 unspecified atom stereocenters. The second kappa shape index (κ2) is 6.50. The summed E-state index contributed by atoms with van der Waals surface area (Å²) in [4.78, 5) is 0.353. The lowest BCUT2D eigenvalue weighted by atomic mass is 10.2. The maximum Gasteiger partial charge on any atom is 0.180 e. The zero-order valence-electron chi connectivity index (χ0n) is 11.2.